The summed E-state index contributed by atoms with van der Waals surface area (Å²) in [5.41, 5.74) is 0.705. The second kappa shape index (κ2) is 12.9. The number of carbonyl (C=O) groups is 5. The summed E-state index contributed by atoms with van der Waals surface area (Å²) in [5, 5.41) is 21.1. The molecule has 2 atom stereocenters. The number of amides is 5. The fraction of sp³-hybridized carbons (Fsp3) is 0.348. The number of nitrogens with one attached hydrogen (secondary N) is 4. The van der Waals surface area contributed by atoms with Gasteiger partial charge >= 0.3 is 18.0 Å². The first-order valence-corrected chi connectivity index (χ1v) is 11.4. The monoisotopic (exact) mass is 513 g/mol. The Hall–Kier alpha value is -4.59. The largest absolute Gasteiger partial charge is 0.550 e. The average Bonchev–Trinajstić information content (AvgIpc) is 3.14. The van der Waals surface area contributed by atoms with E-state index in [1.807, 2.05) is 0 Å². The van der Waals surface area contributed by atoms with E-state index in [2.05, 4.69) is 31.2 Å². The van der Waals surface area contributed by atoms with Crippen molar-refractivity contribution in [3.05, 3.63) is 54.4 Å². The Morgan fingerprint density at radius 3 is 2.46 bits per heavy atom. The van der Waals surface area contributed by atoms with Crippen LogP contribution in [0.3, 0.4) is 0 Å². The second-order valence-electron chi connectivity index (χ2n) is 8.16. The molecule has 2 aromatic rings. The number of hydrogen-bond donors (Lipinski definition) is 4. The Morgan fingerprint density at radius 1 is 1.08 bits per heavy atom. The number of benzene rings is 1. The van der Waals surface area contributed by atoms with Crippen molar-refractivity contribution in [2.45, 2.75) is 25.6 Å². The van der Waals surface area contributed by atoms with Gasteiger partial charge in [-0.1, -0.05) is 30.3 Å². The van der Waals surface area contributed by atoms with Gasteiger partial charge in [0.05, 0.1) is 6.54 Å². The van der Waals surface area contributed by atoms with Crippen molar-refractivity contribution >= 4 is 35.9 Å². The van der Waals surface area contributed by atoms with E-state index in [4.69, 9.17) is 4.74 Å². The molecule has 0 aliphatic carbocycles. The molecule has 1 aromatic carbocycles. The lowest BCUT2D eigenvalue weighted by Gasteiger charge is -2.28. The lowest BCUT2D eigenvalue weighted by molar-refractivity contribution is -0.758. The first-order valence-electron chi connectivity index (χ1n) is 11.4. The van der Waals surface area contributed by atoms with Gasteiger partial charge in [-0.3, -0.25) is 10.1 Å². The van der Waals surface area contributed by atoms with E-state index in [1.165, 1.54) is 0 Å². The molecule has 14 nitrogen and oxygen atoms in total. The van der Waals surface area contributed by atoms with E-state index in [0.29, 0.717) is 24.5 Å². The van der Waals surface area contributed by atoms with Gasteiger partial charge in [-0.05, 0) is 11.6 Å². The molecule has 1 aliphatic heterocycles. The number of aromatic nitrogens is 2. The topological polar surface area (TPSA) is 192 Å². The molecule has 5 amide bonds. The average molecular weight is 514 g/mol. The number of rotatable bonds is 13. The van der Waals surface area contributed by atoms with Gasteiger partial charge < -0.3 is 30.6 Å². The molecule has 0 saturated carbocycles. The zero-order valence-electron chi connectivity index (χ0n) is 19.8. The Morgan fingerprint density at radius 2 is 1.81 bits per heavy atom. The van der Waals surface area contributed by atoms with Gasteiger partial charge in [0.1, 0.15) is 19.3 Å². The number of imide groups is 1. The molecular formula is C23H27N7O7. The molecule has 0 spiro atoms. The van der Waals surface area contributed by atoms with E-state index in [9.17, 15) is 29.1 Å². The number of quaternary nitrogens is 1. The molecule has 0 bridgehead atoms. The van der Waals surface area contributed by atoms with Gasteiger partial charge in [0.2, 0.25) is 5.95 Å². The smallest absolute Gasteiger partial charge is 0.425 e. The van der Waals surface area contributed by atoms with Crippen LogP contribution >= 0.6 is 0 Å². The van der Waals surface area contributed by atoms with Crippen LogP contribution in [-0.4, -0.2) is 76.7 Å². The highest BCUT2D eigenvalue weighted by atomic mass is 16.5. The van der Waals surface area contributed by atoms with E-state index >= 15 is 0 Å². The van der Waals surface area contributed by atoms with Crippen molar-refractivity contribution in [3.8, 4) is 0 Å². The molecule has 3 rings (SSSR count). The van der Waals surface area contributed by atoms with Crippen LogP contribution in [-0.2, 0) is 25.7 Å². The van der Waals surface area contributed by atoms with Gasteiger partial charge in [-0.25, -0.2) is 24.4 Å². The minimum atomic E-state index is -1.54. The number of carboxylic acid groups (broad SMARTS) is 1. The van der Waals surface area contributed by atoms with Crippen LogP contribution in [0, 0.1) is 0 Å². The number of carbonyl (C=O) groups excluding carboxylic acids is 5. The quantitative estimate of drug-likeness (QED) is 0.110. The predicted octanol–water partition coefficient (Wildman–Crippen LogP) is -1.15. The summed E-state index contributed by atoms with van der Waals surface area (Å²) in [6, 6.07) is 9.79. The fourth-order valence-corrected chi connectivity index (χ4v) is 3.67. The number of anilines is 1. The summed E-state index contributed by atoms with van der Waals surface area (Å²) in [6.07, 6.45) is 0.311. The molecule has 1 aromatic heterocycles. The minimum Gasteiger partial charge on any atom is -0.550 e. The molecule has 4 N–H and O–H groups in total. The molecule has 1 fully saturated rings. The standard InChI is InChI=1S/C23H27N7O7/c31-18(28-17(12-20(33)34)29-23(36)37-15-16-6-2-1-3-7-16)14-30(19(32)13-27-22(30)35)11-5-10-26-21-24-8-4-9-25-21/h1-4,6-9,17H,5,10-15H2,(H4-,24,25,26,27,28,29,31,33,34,35,36). The zero-order valence-corrected chi connectivity index (χ0v) is 19.8. The molecular weight excluding hydrogens is 486 g/mol. The van der Waals surface area contributed by atoms with Crippen LogP contribution in [0.5, 0.6) is 0 Å². The first-order chi connectivity index (χ1) is 17.8. The third-order valence-corrected chi connectivity index (χ3v) is 5.45. The highest BCUT2D eigenvalue weighted by Crippen LogP contribution is 2.16. The van der Waals surface area contributed by atoms with Gasteiger partial charge in [0.25, 0.3) is 5.91 Å². The SMILES string of the molecule is O=C([O-])CC(NC(=O)C[N+]1(CCCNc2ncccn2)C(=O)CNC1=O)NC(=O)OCc1ccccc1. The maximum atomic E-state index is 12.8. The molecule has 2 heterocycles. The maximum absolute atomic E-state index is 12.8. The van der Waals surface area contributed by atoms with Crippen LogP contribution in [0.2, 0.25) is 0 Å². The Labute approximate surface area is 212 Å². The van der Waals surface area contributed by atoms with Crippen molar-refractivity contribution in [1.29, 1.82) is 0 Å². The third kappa shape index (κ3) is 7.96. The van der Waals surface area contributed by atoms with Gasteiger partial charge in [0.15, 0.2) is 6.54 Å². The van der Waals surface area contributed by atoms with Gasteiger partial charge in [-0.2, -0.15) is 4.48 Å². The van der Waals surface area contributed by atoms with Crippen molar-refractivity contribution in [1.82, 2.24) is 25.9 Å². The lowest BCUT2D eigenvalue weighted by atomic mass is 10.2. The molecule has 2 unspecified atom stereocenters. The summed E-state index contributed by atoms with van der Waals surface area (Å²) in [7, 11) is 0. The minimum absolute atomic E-state index is 0.00435. The second-order valence-corrected chi connectivity index (χ2v) is 8.16. The normalized spacial score (nSPS) is 17.4. The lowest BCUT2D eigenvalue weighted by Crippen LogP contribution is -2.61. The van der Waals surface area contributed by atoms with Crippen molar-refractivity contribution in [2.24, 2.45) is 0 Å². The Bertz CT molecular complexity index is 1100. The molecule has 0 radical (unpaired) electrons. The van der Waals surface area contributed by atoms with Crippen molar-refractivity contribution in [3.63, 3.8) is 0 Å². The van der Waals surface area contributed by atoms with E-state index < -0.39 is 53.5 Å². The predicted molar refractivity (Wildman–Crippen MR) is 125 cm³/mol. The number of aliphatic carboxylic acids is 1. The Balaban J connectivity index is 1.57. The van der Waals surface area contributed by atoms with Crippen LogP contribution < -0.4 is 26.4 Å². The molecule has 196 valence electrons. The highest BCUT2D eigenvalue weighted by Gasteiger charge is 2.51. The third-order valence-electron chi connectivity index (χ3n) is 5.45. The summed E-state index contributed by atoms with van der Waals surface area (Å²) in [6.45, 7) is -0.579. The number of urea groups is 1. The van der Waals surface area contributed by atoms with Crippen LogP contribution in [0.4, 0.5) is 15.5 Å². The number of hydrogen-bond acceptors (Lipinski definition) is 10. The Kier molecular flexibility index (Phi) is 9.43. The van der Waals surface area contributed by atoms with Crippen LogP contribution in [0.15, 0.2) is 48.8 Å². The van der Waals surface area contributed by atoms with Crippen LogP contribution in [0.1, 0.15) is 18.4 Å². The van der Waals surface area contributed by atoms with Crippen molar-refractivity contribution in [2.75, 3.05) is 31.5 Å². The molecule has 37 heavy (non-hydrogen) atoms. The zero-order chi connectivity index (χ0) is 26.7. The molecule has 1 saturated heterocycles. The maximum Gasteiger partial charge on any atom is 0.425 e. The summed E-state index contributed by atoms with van der Waals surface area (Å²) in [4.78, 5) is 69.4. The van der Waals surface area contributed by atoms with E-state index in [-0.39, 0.29) is 19.7 Å². The number of ether oxygens (including phenoxy) is 1. The number of alkyl carbamates (subject to hydrolysis) is 1. The van der Waals surface area contributed by atoms with Gasteiger partial charge in [0, 0.05) is 37.7 Å². The van der Waals surface area contributed by atoms with E-state index in [1.54, 1.807) is 48.8 Å². The number of carboxylic acids is 1. The summed E-state index contributed by atoms with van der Waals surface area (Å²) >= 11 is 0. The number of nitrogens with zero attached hydrogens (tertiary/aromatic N) is 3. The fourth-order valence-electron chi connectivity index (χ4n) is 3.67. The highest BCUT2D eigenvalue weighted by molar-refractivity contribution is 5.94. The molecule has 1 aliphatic rings. The summed E-state index contributed by atoms with van der Waals surface area (Å²) in [5.74, 6) is -2.50. The van der Waals surface area contributed by atoms with Crippen molar-refractivity contribution < 1.29 is 38.3 Å². The molecule has 14 heteroatoms. The first kappa shape index (κ1) is 27.0. The van der Waals surface area contributed by atoms with E-state index in [0.717, 1.165) is 0 Å². The van der Waals surface area contributed by atoms with Gasteiger partial charge in [-0.15, -0.1) is 0 Å². The van der Waals surface area contributed by atoms with Crippen LogP contribution in [0.25, 0.3) is 0 Å². The summed E-state index contributed by atoms with van der Waals surface area (Å²) < 4.78 is 4.25.